The number of nitrogens with one attached hydrogen (secondary N) is 1. The molecular weight excluding hydrogens is 456 g/mol. The number of carbonyl (C=O) groups excluding carboxylic acids is 3. The van der Waals surface area contributed by atoms with E-state index in [1.807, 2.05) is 24.3 Å². The van der Waals surface area contributed by atoms with Crippen LogP contribution >= 0.6 is 0 Å². The average Bonchev–Trinajstić information content (AvgIpc) is 3.66. The second-order valence-electron chi connectivity index (χ2n) is 10.8. The molecule has 4 atom stereocenters. The van der Waals surface area contributed by atoms with E-state index in [-0.39, 0.29) is 42.1 Å². The van der Waals surface area contributed by atoms with Crippen LogP contribution in [0.25, 0.3) is 0 Å². The van der Waals surface area contributed by atoms with Crippen LogP contribution < -0.4 is 10.2 Å². The molecule has 0 aromatic heterocycles. The molecule has 8 nitrogen and oxygen atoms in total. The van der Waals surface area contributed by atoms with E-state index < -0.39 is 12.1 Å². The molecule has 4 aliphatic rings. The van der Waals surface area contributed by atoms with Crippen molar-refractivity contribution in [2.75, 3.05) is 50.8 Å². The third-order valence-corrected chi connectivity index (χ3v) is 8.84. The molecular formula is C28H40N4O4. The minimum atomic E-state index is -0.605. The number of Topliss-reactive ketones (excluding diaryl/α,β-unsaturated/α-hetero) is 1. The van der Waals surface area contributed by atoms with E-state index >= 15 is 0 Å². The van der Waals surface area contributed by atoms with Crippen molar-refractivity contribution in [1.82, 2.24) is 15.1 Å². The summed E-state index contributed by atoms with van der Waals surface area (Å²) in [5.41, 5.74) is 1.69. The number of hydrogen-bond acceptors (Lipinski definition) is 6. The van der Waals surface area contributed by atoms with Gasteiger partial charge < -0.3 is 24.8 Å². The van der Waals surface area contributed by atoms with Gasteiger partial charge in [0.15, 0.2) is 5.78 Å². The SMILES string of the molecule is CC[C@@H]1CN(C(=O)[C@@H](NC(=O)c2ccc(N3CCN(CC)CC3)cc2)C2CCCC2)[C@@H]2C(=O)CO[C@H]12. The van der Waals surface area contributed by atoms with Crippen molar-refractivity contribution in [3.63, 3.8) is 0 Å². The predicted molar refractivity (Wildman–Crippen MR) is 138 cm³/mol. The first-order valence-electron chi connectivity index (χ1n) is 13.8. The number of likely N-dealkylation sites (N-methyl/N-ethyl adjacent to an activating group) is 1. The molecule has 196 valence electrons. The Labute approximate surface area is 214 Å². The van der Waals surface area contributed by atoms with Gasteiger partial charge in [-0.3, -0.25) is 14.4 Å². The third-order valence-electron chi connectivity index (χ3n) is 8.84. The maximum atomic E-state index is 13.9. The molecule has 5 rings (SSSR count). The molecule has 3 aliphatic heterocycles. The molecule has 8 heteroatoms. The number of piperazine rings is 1. The van der Waals surface area contributed by atoms with Crippen LogP contribution in [0.1, 0.15) is 56.3 Å². The lowest BCUT2D eigenvalue weighted by Gasteiger charge is -2.35. The van der Waals surface area contributed by atoms with E-state index in [0.717, 1.165) is 70.5 Å². The number of carbonyl (C=O) groups is 3. The number of rotatable bonds is 7. The quantitative estimate of drug-likeness (QED) is 0.624. The van der Waals surface area contributed by atoms with Crippen molar-refractivity contribution >= 4 is 23.3 Å². The monoisotopic (exact) mass is 496 g/mol. The number of benzene rings is 1. The first-order chi connectivity index (χ1) is 17.5. The zero-order chi connectivity index (χ0) is 25.2. The van der Waals surface area contributed by atoms with Crippen molar-refractivity contribution < 1.29 is 19.1 Å². The van der Waals surface area contributed by atoms with Crippen LogP contribution in [0.5, 0.6) is 0 Å². The largest absolute Gasteiger partial charge is 0.369 e. The maximum Gasteiger partial charge on any atom is 0.251 e. The molecule has 1 aliphatic carbocycles. The van der Waals surface area contributed by atoms with Gasteiger partial charge in [0.2, 0.25) is 5.91 Å². The Bertz CT molecular complexity index is 953. The number of anilines is 1. The Hall–Kier alpha value is -2.45. The topological polar surface area (TPSA) is 82.2 Å². The van der Waals surface area contributed by atoms with Gasteiger partial charge in [-0.15, -0.1) is 0 Å². The number of nitrogens with zero attached hydrogens (tertiary/aromatic N) is 3. The van der Waals surface area contributed by atoms with Gasteiger partial charge in [-0.05, 0) is 56.0 Å². The normalized spacial score (nSPS) is 27.9. The van der Waals surface area contributed by atoms with E-state index in [9.17, 15) is 14.4 Å². The highest BCUT2D eigenvalue weighted by molar-refractivity contribution is 5.99. The second kappa shape index (κ2) is 10.9. The summed E-state index contributed by atoms with van der Waals surface area (Å²) in [5.74, 6) is -0.0924. The van der Waals surface area contributed by atoms with Crippen molar-refractivity contribution in [3.8, 4) is 0 Å². The molecule has 0 bridgehead atoms. The molecule has 1 aromatic rings. The second-order valence-corrected chi connectivity index (χ2v) is 10.8. The first-order valence-corrected chi connectivity index (χ1v) is 13.8. The van der Waals surface area contributed by atoms with Crippen molar-refractivity contribution in [2.24, 2.45) is 11.8 Å². The highest BCUT2D eigenvalue weighted by Crippen LogP contribution is 2.36. The molecule has 2 amide bonds. The molecule has 0 spiro atoms. The molecule has 4 fully saturated rings. The molecule has 1 saturated carbocycles. The summed E-state index contributed by atoms with van der Waals surface area (Å²) in [5, 5.41) is 3.09. The van der Waals surface area contributed by atoms with Crippen LogP contribution in [0.4, 0.5) is 5.69 Å². The van der Waals surface area contributed by atoms with Crippen molar-refractivity contribution in [3.05, 3.63) is 29.8 Å². The van der Waals surface area contributed by atoms with Gasteiger partial charge in [-0.1, -0.05) is 26.7 Å². The van der Waals surface area contributed by atoms with Gasteiger partial charge in [0.25, 0.3) is 5.91 Å². The third kappa shape index (κ3) is 4.90. The lowest BCUT2D eigenvalue weighted by atomic mass is 9.95. The van der Waals surface area contributed by atoms with E-state index in [4.69, 9.17) is 4.74 Å². The fraction of sp³-hybridized carbons (Fsp3) is 0.679. The molecule has 1 N–H and O–H groups in total. The summed E-state index contributed by atoms with van der Waals surface area (Å²) in [6.45, 7) is 10.0. The number of likely N-dealkylation sites (tertiary alicyclic amines) is 1. The summed E-state index contributed by atoms with van der Waals surface area (Å²) in [4.78, 5) is 46.3. The number of ether oxygens (including phenoxy) is 1. The molecule has 36 heavy (non-hydrogen) atoms. The van der Waals surface area contributed by atoms with Gasteiger partial charge in [-0.2, -0.15) is 0 Å². The van der Waals surface area contributed by atoms with Gasteiger partial charge in [0.05, 0.1) is 6.10 Å². The standard InChI is InChI=1S/C28H40N4O4/c1-3-19-17-32(25-23(33)18-36-26(19)25)28(35)24(20-7-5-6-8-20)29-27(34)21-9-11-22(12-10-21)31-15-13-30(4-2)14-16-31/h9-12,19-20,24-26H,3-8,13-18H2,1-2H3,(H,29,34)/t19-,24+,25-,26-/m1/s1. The van der Waals surface area contributed by atoms with E-state index in [2.05, 4.69) is 29.0 Å². The van der Waals surface area contributed by atoms with E-state index in [0.29, 0.717) is 12.1 Å². The van der Waals surface area contributed by atoms with Crippen LogP contribution in [-0.2, 0) is 14.3 Å². The fourth-order valence-corrected chi connectivity index (χ4v) is 6.56. The van der Waals surface area contributed by atoms with Gasteiger partial charge in [0, 0.05) is 49.9 Å². The minimum absolute atomic E-state index is 0.0174. The number of amides is 2. The lowest BCUT2D eigenvalue weighted by molar-refractivity contribution is -0.139. The van der Waals surface area contributed by atoms with Gasteiger partial charge in [-0.25, -0.2) is 0 Å². The van der Waals surface area contributed by atoms with Crippen molar-refractivity contribution in [2.45, 2.75) is 64.1 Å². The smallest absolute Gasteiger partial charge is 0.251 e. The zero-order valence-corrected chi connectivity index (χ0v) is 21.7. The van der Waals surface area contributed by atoms with Crippen LogP contribution in [0.3, 0.4) is 0 Å². The molecule has 3 heterocycles. The lowest BCUT2D eigenvalue weighted by Crippen LogP contribution is -2.54. The Kier molecular flexibility index (Phi) is 7.62. The highest BCUT2D eigenvalue weighted by Gasteiger charge is 2.53. The van der Waals surface area contributed by atoms with Crippen LogP contribution in [0, 0.1) is 11.8 Å². The van der Waals surface area contributed by atoms with Crippen LogP contribution in [-0.4, -0.2) is 91.5 Å². The van der Waals surface area contributed by atoms with E-state index in [1.54, 1.807) is 4.90 Å². The molecule has 0 unspecified atom stereocenters. The van der Waals surface area contributed by atoms with Gasteiger partial charge in [0.1, 0.15) is 18.7 Å². The Balaban J connectivity index is 1.29. The number of ketones is 1. The van der Waals surface area contributed by atoms with Crippen LogP contribution in [0.15, 0.2) is 24.3 Å². The minimum Gasteiger partial charge on any atom is -0.369 e. The summed E-state index contributed by atoms with van der Waals surface area (Å²) in [6.07, 6.45) is 4.62. The molecule has 1 aromatic carbocycles. The molecule has 3 saturated heterocycles. The number of fused-ring (bicyclic) bond motifs is 1. The summed E-state index contributed by atoms with van der Waals surface area (Å²) in [6, 6.07) is 6.63. The Morgan fingerprint density at radius 3 is 2.39 bits per heavy atom. The average molecular weight is 497 g/mol. The Morgan fingerprint density at radius 2 is 1.75 bits per heavy atom. The Morgan fingerprint density at radius 1 is 1.06 bits per heavy atom. The fourth-order valence-electron chi connectivity index (χ4n) is 6.56. The maximum absolute atomic E-state index is 13.9. The summed E-state index contributed by atoms with van der Waals surface area (Å²) in [7, 11) is 0. The molecule has 0 radical (unpaired) electrons. The van der Waals surface area contributed by atoms with E-state index in [1.165, 1.54) is 0 Å². The first kappa shape index (κ1) is 25.2. The number of hydrogen-bond donors (Lipinski definition) is 1. The van der Waals surface area contributed by atoms with Gasteiger partial charge >= 0.3 is 0 Å². The summed E-state index contributed by atoms with van der Waals surface area (Å²) >= 11 is 0. The van der Waals surface area contributed by atoms with Crippen molar-refractivity contribution in [1.29, 1.82) is 0 Å². The predicted octanol–water partition coefficient (Wildman–Crippen LogP) is 2.32. The zero-order valence-electron chi connectivity index (χ0n) is 21.7. The summed E-state index contributed by atoms with van der Waals surface area (Å²) < 4.78 is 5.76. The van der Waals surface area contributed by atoms with Crippen LogP contribution in [0.2, 0.25) is 0 Å². The highest BCUT2D eigenvalue weighted by atomic mass is 16.5.